The highest BCUT2D eigenvalue weighted by molar-refractivity contribution is 6.15. The van der Waals surface area contributed by atoms with Gasteiger partial charge in [0, 0.05) is 31.1 Å². The van der Waals surface area contributed by atoms with Crippen LogP contribution in [0.4, 0.5) is 0 Å². The van der Waals surface area contributed by atoms with Crippen molar-refractivity contribution in [1.82, 2.24) is 4.90 Å². The summed E-state index contributed by atoms with van der Waals surface area (Å²) >= 11 is 0. The first-order valence-electron chi connectivity index (χ1n) is 10.9. The second-order valence-electron chi connectivity index (χ2n) is 9.16. The van der Waals surface area contributed by atoms with Gasteiger partial charge in [-0.25, -0.2) is 0 Å². The molecule has 2 atom stereocenters. The summed E-state index contributed by atoms with van der Waals surface area (Å²) in [6, 6.07) is 11.3. The van der Waals surface area contributed by atoms with Crippen LogP contribution in [0.2, 0.25) is 0 Å². The molecule has 5 nitrogen and oxygen atoms in total. The molecule has 0 amide bonds. The molecule has 0 spiro atoms. The number of ether oxygens (including phenoxy) is 1. The van der Waals surface area contributed by atoms with Crippen molar-refractivity contribution < 1.29 is 19.1 Å². The smallest absolute Gasteiger partial charge is 0.232 e. The molecule has 5 heteroatoms. The minimum absolute atomic E-state index is 0.172. The van der Waals surface area contributed by atoms with Crippen molar-refractivity contribution in [2.24, 2.45) is 11.8 Å². The van der Waals surface area contributed by atoms with Crippen LogP contribution in [-0.2, 0) is 6.54 Å². The fourth-order valence-corrected chi connectivity index (χ4v) is 5.08. The number of piperidine rings is 1. The van der Waals surface area contributed by atoms with E-state index in [-0.39, 0.29) is 17.3 Å². The van der Waals surface area contributed by atoms with Crippen LogP contribution in [0.1, 0.15) is 47.5 Å². The lowest BCUT2D eigenvalue weighted by Crippen LogP contribution is -2.38. The SMILES string of the molecule is Cc1cc(O)c(CN2C[C@H](C)C[C@@H](C)C2)c2c1C(=O)/C(=C/c1cc3ccccc3o1)O2. The van der Waals surface area contributed by atoms with E-state index in [4.69, 9.17) is 9.15 Å². The summed E-state index contributed by atoms with van der Waals surface area (Å²) < 4.78 is 11.9. The molecule has 5 rings (SSSR count). The third kappa shape index (κ3) is 3.63. The Morgan fingerprint density at radius 3 is 2.65 bits per heavy atom. The zero-order valence-corrected chi connectivity index (χ0v) is 18.1. The first-order chi connectivity index (χ1) is 14.9. The van der Waals surface area contributed by atoms with Crippen LogP contribution < -0.4 is 4.74 Å². The van der Waals surface area contributed by atoms with Gasteiger partial charge in [-0.05, 0) is 48.9 Å². The lowest BCUT2D eigenvalue weighted by Gasteiger charge is -2.35. The first-order valence-corrected chi connectivity index (χ1v) is 10.9. The number of aryl methyl sites for hydroxylation is 1. The second-order valence-corrected chi connectivity index (χ2v) is 9.16. The zero-order valence-electron chi connectivity index (χ0n) is 18.1. The highest BCUT2D eigenvalue weighted by Crippen LogP contribution is 2.43. The topological polar surface area (TPSA) is 62.9 Å². The van der Waals surface area contributed by atoms with Gasteiger partial charge in [0.15, 0.2) is 5.76 Å². The van der Waals surface area contributed by atoms with E-state index in [0.717, 1.165) is 29.6 Å². The number of rotatable bonds is 3. The van der Waals surface area contributed by atoms with E-state index in [0.29, 0.717) is 41.0 Å². The summed E-state index contributed by atoms with van der Waals surface area (Å²) in [7, 11) is 0. The van der Waals surface area contributed by atoms with Gasteiger partial charge in [-0.2, -0.15) is 0 Å². The predicted octanol–water partition coefficient (Wildman–Crippen LogP) is 5.54. The minimum atomic E-state index is -0.172. The molecule has 1 N–H and O–H groups in total. The number of hydrogen-bond donors (Lipinski definition) is 1. The molecule has 0 aliphatic carbocycles. The molecule has 2 aliphatic heterocycles. The number of fused-ring (bicyclic) bond motifs is 2. The Kier molecular flexibility index (Phi) is 4.86. The molecule has 0 unspecified atom stereocenters. The Labute approximate surface area is 181 Å². The summed E-state index contributed by atoms with van der Waals surface area (Å²) in [6.45, 7) is 8.86. The molecule has 1 saturated heterocycles. The summed E-state index contributed by atoms with van der Waals surface area (Å²) in [5.74, 6) is 2.50. The van der Waals surface area contributed by atoms with E-state index in [2.05, 4.69) is 18.7 Å². The lowest BCUT2D eigenvalue weighted by molar-refractivity contribution is 0.101. The molecule has 0 radical (unpaired) electrons. The zero-order chi connectivity index (χ0) is 21.7. The normalized spacial score (nSPS) is 22.8. The van der Waals surface area contributed by atoms with Gasteiger partial charge < -0.3 is 14.3 Å². The highest BCUT2D eigenvalue weighted by atomic mass is 16.5. The molecule has 160 valence electrons. The molecule has 2 aliphatic rings. The van der Waals surface area contributed by atoms with Crippen molar-refractivity contribution >= 4 is 22.8 Å². The van der Waals surface area contributed by atoms with Crippen molar-refractivity contribution in [2.45, 2.75) is 33.7 Å². The number of carbonyl (C=O) groups is 1. The number of phenolic OH excluding ortho intramolecular Hbond substituents is 1. The van der Waals surface area contributed by atoms with E-state index in [1.54, 1.807) is 12.1 Å². The van der Waals surface area contributed by atoms with Crippen LogP contribution in [0.25, 0.3) is 17.0 Å². The summed E-state index contributed by atoms with van der Waals surface area (Å²) in [5.41, 5.74) is 2.70. The Balaban J connectivity index is 1.50. The third-order valence-corrected chi connectivity index (χ3v) is 6.26. The van der Waals surface area contributed by atoms with Gasteiger partial charge in [-0.1, -0.05) is 32.0 Å². The Morgan fingerprint density at radius 2 is 1.90 bits per heavy atom. The van der Waals surface area contributed by atoms with Crippen LogP contribution >= 0.6 is 0 Å². The van der Waals surface area contributed by atoms with E-state index >= 15 is 0 Å². The van der Waals surface area contributed by atoms with Gasteiger partial charge in [0.2, 0.25) is 5.78 Å². The first kappa shape index (κ1) is 19.9. The maximum absolute atomic E-state index is 13.2. The van der Waals surface area contributed by atoms with Crippen LogP contribution in [0.5, 0.6) is 11.5 Å². The lowest BCUT2D eigenvalue weighted by atomic mass is 9.91. The summed E-state index contributed by atoms with van der Waals surface area (Å²) in [6.07, 6.45) is 2.86. The molecule has 0 bridgehead atoms. The van der Waals surface area contributed by atoms with Crippen molar-refractivity contribution in [3.8, 4) is 11.5 Å². The third-order valence-electron chi connectivity index (χ3n) is 6.26. The van der Waals surface area contributed by atoms with Crippen LogP contribution in [0, 0.1) is 18.8 Å². The van der Waals surface area contributed by atoms with E-state index in [9.17, 15) is 9.90 Å². The van der Waals surface area contributed by atoms with Gasteiger partial charge in [0.1, 0.15) is 22.8 Å². The van der Waals surface area contributed by atoms with Gasteiger partial charge in [-0.15, -0.1) is 0 Å². The number of allylic oxidation sites excluding steroid dienone is 1. The molecule has 2 aromatic carbocycles. The van der Waals surface area contributed by atoms with Crippen LogP contribution in [0.3, 0.4) is 0 Å². The number of aromatic hydroxyl groups is 1. The standard InChI is InChI=1S/C26H27NO4/c1-15-8-16(2)13-27(12-15)14-20-21(28)9-17(3)24-25(29)23(31-26(20)24)11-19-10-18-6-4-5-7-22(18)30-19/h4-7,9-11,15-16,28H,8,12-14H2,1-3H3/b23-11-/t15-,16-/m1/s1. The van der Waals surface area contributed by atoms with Gasteiger partial charge in [0.05, 0.1) is 11.1 Å². The van der Waals surface area contributed by atoms with Crippen molar-refractivity contribution in [1.29, 1.82) is 0 Å². The largest absolute Gasteiger partial charge is 0.507 e. The quantitative estimate of drug-likeness (QED) is 0.567. The Bertz CT molecular complexity index is 1160. The maximum Gasteiger partial charge on any atom is 0.232 e. The number of phenols is 1. The summed E-state index contributed by atoms with van der Waals surface area (Å²) in [4.78, 5) is 15.5. The number of para-hydroxylation sites is 1. The predicted molar refractivity (Wildman–Crippen MR) is 120 cm³/mol. The van der Waals surface area contributed by atoms with Crippen LogP contribution in [-0.4, -0.2) is 28.9 Å². The average Bonchev–Trinajstić information content (AvgIpc) is 3.25. The van der Waals surface area contributed by atoms with Gasteiger partial charge in [-0.3, -0.25) is 9.69 Å². The fraction of sp³-hybridized carbons (Fsp3) is 0.346. The highest BCUT2D eigenvalue weighted by Gasteiger charge is 2.34. The number of carbonyl (C=O) groups excluding carboxylic acids is 1. The summed E-state index contributed by atoms with van der Waals surface area (Å²) in [5, 5.41) is 11.7. The van der Waals surface area contributed by atoms with E-state index < -0.39 is 0 Å². The number of ketones is 1. The monoisotopic (exact) mass is 417 g/mol. The van der Waals surface area contributed by atoms with Gasteiger partial charge in [0.25, 0.3) is 0 Å². The Hall–Kier alpha value is -3.05. The van der Waals surface area contributed by atoms with Crippen molar-refractivity contribution in [2.75, 3.05) is 13.1 Å². The molecule has 0 saturated carbocycles. The number of benzene rings is 2. The van der Waals surface area contributed by atoms with Crippen LogP contribution in [0.15, 0.2) is 46.6 Å². The fourth-order valence-electron chi connectivity index (χ4n) is 5.08. The molecule has 3 aromatic rings. The molecule has 3 heterocycles. The maximum atomic E-state index is 13.2. The molecule has 1 fully saturated rings. The minimum Gasteiger partial charge on any atom is -0.507 e. The number of hydrogen-bond acceptors (Lipinski definition) is 5. The Morgan fingerprint density at radius 1 is 1.16 bits per heavy atom. The number of likely N-dealkylation sites (tertiary alicyclic amines) is 1. The van der Waals surface area contributed by atoms with Crippen molar-refractivity contribution in [3.63, 3.8) is 0 Å². The number of Topliss-reactive ketones (excluding diaryl/α,β-unsaturated/α-hetero) is 1. The van der Waals surface area contributed by atoms with E-state index in [1.165, 1.54) is 6.42 Å². The molecular formula is C26H27NO4. The number of furan rings is 1. The molecule has 1 aromatic heterocycles. The molecule has 31 heavy (non-hydrogen) atoms. The van der Waals surface area contributed by atoms with Gasteiger partial charge >= 0.3 is 0 Å². The second kappa shape index (κ2) is 7.57. The molecular weight excluding hydrogens is 390 g/mol. The average molecular weight is 418 g/mol. The number of nitrogens with zero attached hydrogens (tertiary/aromatic N) is 1. The van der Waals surface area contributed by atoms with Crippen molar-refractivity contribution in [3.05, 3.63) is 64.6 Å². The van der Waals surface area contributed by atoms with E-state index in [1.807, 2.05) is 37.3 Å².